The zero-order chi connectivity index (χ0) is 23.9. The minimum absolute atomic E-state index is 0.142. The minimum atomic E-state index is -0.887. The van der Waals surface area contributed by atoms with Crippen molar-refractivity contribution in [1.82, 2.24) is 14.8 Å². The van der Waals surface area contributed by atoms with Crippen LogP contribution in [0.15, 0.2) is 41.2 Å². The highest BCUT2D eigenvalue weighted by molar-refractivity contribution is 5.94. The number of H-pyrrole nitrogens is 1. The van der Waals surface area contributed by atoms with Crippen molar-refractivity contribution in [3.63, 3.8) is 0 Å². The number of carbonyl (C=O) groups excluding carboxylic acids is 2. The first-order chi connectivity index (χ1) is 15.7. The second kappa shape index (κ2) is 8.32. The van der Waals surface area contributed by atoms with E-state index in [4.69, 9.17) is 17.2 Å². The van der Waals surface area contributed by atoms with Crippen molar-refractivity contribution in [2.45, 2.75) is 44.6 Å². The summed E-state index contributed by atoms with van der Waals surface area (Å²) in [6, 6.07) is 10.6. The van der Waals surface area contributed by atoms with Gasteiger partial charge in [-0.15, -0.1) is 0 Å². The largest absolute Gasteiger partial charge is 0.366 e. The lowest BCUT2D eigenvalue weighted by Crippen LogP contribution is -2.35. The summed E-state index contributed by atoms with van der Waals surface area (Å²) in [5, 5.41) is 4.69. The molecule has 9 nitrogen and oxygen atoms in total. The summed E-state index contributed by atoms with van der Waals surface area (Å²) in [5.41, 5.74) is 20.4. The van der Waals surface area contributed by atoms with Crippen molar-refractivity contribution in [2.24, 2.45) is 17.2 Å². The molecule has 0 aliphatic heterocycles. The molecule has 0 atom stereocenters. The average molecular weight is 449 g/mol. The molecular formula is C24H28N6O3. The lowest BCUT2D eigenvalue weighted by molar-refractivity contribution is 0.0991. The summed E-state index contributed by atoms with van der Waals surface area (Å²) in [6.07, 6.45) is 1.66. The summed E-state index contributed by atoms with van der Waals surface area (Å²) in [7, 11) is 0. The molecule has 1 aliphatic carbocycles. The molecule has 0 saturated heterocycles. The normalized spacial score (nSPS) is 14.4. The number of hydrogen-bond donors (Lipinski definition) is 4. The van der Waals surface area contributed by atoms with Gasteiger partial charge in [-0.3, -0.25) is 14.6 Å². The number of carbonyl (C=O) groups is 2. The fourth-order valence-electron chi connectivity index (χ4n) is 4.89. The number of nitrogens with one attached hydrogen (secondary N) is 1. The fourth-order valence-corrected chi connectivity index (χ4v) is 4.89. The number of fused-ring (bicyclic) bond motifs is 2. The molecule has 0 unspecified atom stereocenters. The van der Waals surface area contributed by atoms with Gasteiger partial charge in [-0.25, -0.2) is 9.48 Å². The maximum Gasteiger partial charge on any atom is 0.343 e. The number of aromatic amines is 1. The fraction of sp³-hybridized carbons (Fsp3) is 0.333. The molecule has 0 fully saturated rings. The van der Waals surface area contributed by atoms with Crippen LogP contribution >= 0.6 is 0 Å². The van der Waals surface area contributed by atoms with Crippen molar-refractivity contribution in [1.29, 1.82) is 0 Å². The lowest BCUT2D eigenvalue weighted by Gasteiger charge is -2.34. The van der Waals surface area contributed by atoms with Gasteiger partial charge in [0.05, 0.1) is 11.5 Å². The van der Waals surface area contributed by atoms with Crippen molar-refractivity contribution < 1.29 is 9.59 Å². The highest BCUT2D eigenvalue weighted by Crippen LogP contribution is 2.46. The number of benzene rings is 2. The van der Waals surface area contributed by atoms with E-state index in [9.17, 15) is 14.4 Å². The van der Waals surface area contributed by atoms with Crippen LogP contribution < -0.4 is 22.9 Å². The van der Waals surface area contributed by atoms with Crippen LogP contribution in [0.3, 0.4) is 0 Å². The summed E-state index contributed by atoms with van der Waals surface area (Å²) >= 11 is 0. The second-order valence-electron chi connectivity index (χ2n) is 8.73. The molecule has 9 heteroatoms. The van der Waals surface area contributed by atoms with Crippen LogP contribution in [-0.4, -0.2) is 33.1 Å². The first-order valence-corrected chi connectivity index (χ1v) is 10.9. The molecule has 0 radical (unpaired) electrons. The monoisotopic (exact) mass is 448 g/mol. The Balaban J connectivity index is 2.10. The van der Waals surface area contributed by atoms with Crippen molar-refractivity contribution in [3.8, 4) is 0 Å². The number of amides is 2. The molecule has 1 aromatic heterocycles. The van der Waals surface area contributed by atoms with Crippen LogP contribution in [-0.2, 0) is 18.3 Å². The molecule has 7 N–H and O–H groups in total. The van der Waals surface area contributed by atoms with E-state index in [1.54, 1.807) is 24.3 Å². The summed E-state index contributed by atoms with van der Waals surface area (Å²) in [5.74, 6) is -0.565. The van der Waals surface area contributed by atoms with Crippen LogP contribution in [0.5, 0.6) is 0 Å². The van der Waals surface area contributed by atoms with E-state index in [0.29, 0.717) is 42.8 Å². The van der Waals surface area contributed by atoms with E-state index in [-0.39, 0.29) is 11.7 Å². The van der Waals surface area contributed by atoms with E-state index in [1.807, 2.05) is 26.0 Å². The first-order valence-electron chi connectivity index (χ1n) is 10.9. The number of primary amides is 2. The Kier molecular flexibility index (Phi) is 5.67. The molecule has 4 rings (SSSR count). The third-order valence-corrected chi connectivity index (χ3v) is 6.42. The average Bonchev–Trinajstić information content (AvgIpc) is 3.11. The van der Waals surface area contributed by atoms with Crippen LogP contribution in [0.2, 0.25) is 0 Å². The van der Waals surface area contributed by atoms with E-state index >= 15 is 0 Å². The quantitative estimate of drug-likeness (QED) is 0.443. The maximum atomic E-state index is 12.8. The molecule has 0 bridgehead atoms. The predicted octanol–water partition coefficient (Wildman–Crippen LogP) is 1.13. The molecule has 172 valence electrons. The lowest BCUT2D eigenvalue weighted by atomic mass is 9.69. The molecule has 2 amide bonds. The zero-order valence-electron chi connectivity index (χ0n) is 18.7. The Morgan fingerprint density at radius 1 is 1.03 bits per heavy atom. The molecule has 1 heterocycles. The van der Waals surface area contributed by atoms with Crippen molar-refractivity contribution >= 4 is 11.8 Å². The van der Waals surface area contributed by atoms with Crippen LogP contribution in [0.4, 0.5) is 0 Å². The first kappa shape index (κ1) is 22.5. The van der Waals surface area contributed by atoms with Crippen molar-refractivity contribution in [3.05, 3.63) is 86.1 Å². The minimum Gasteiger partial charge on any atom is -0.366 e. The molecule has 3 aromatic rings. The Bertz CT molecular complexity index is 1240. The highest BCUT2D eigenvalue weighted by atomic mass is 16.2. The number of nitrogens with zero attached hydrogens (tertiary/aromatic N) is 2. The highest BCUT2D eigenvalue weighted by Gasteiger charge is 2.44. The smallest absolute Gasteiger partial charge is 0.343 e. The number of hydrogen-bond acceptors (Lipinski definition) is 5. The van der Waals surface area contributed by atoms with Gasteiger partial charge in [-0.05, 0) is 86.2 Å². The SMILES string of the molecule is CC(C)n1nc(C2(CCN)c3ccc(C(N)=O)cc3CCc3cc(C(N)=O)ccc32)[nH]c1=O. The van der Waals surface area contributed by atoms with Crippen molar-refractivity contribution in [2.75, 3.05) is 6.54 Å². The Morgan fingerprint density at radius 2 is 1.55 bits per heavy atom. The summed E-state index contributed by atoms with van der Waals surface area (Å²) in [4.78, 5) is 39.5. The van der Waals surface area contributed by atoms with E-state index in [1.165, 1.54) is 4.68 Å². The predicted molar refractivity (Wildman–Crippen MR) is 124 cm³/mol. The van der Waals surface area contributed by atoms with Crippen LogP contribution in [0, 0.1) is 0 Å². The second-order valence-corrected chi connectivity index (χ2v) is 8.73. The van der Waals surface area contributed by atoms with Gasteiger partial charge in [-0.2, -0.15) is 5.10 Å². The van der Waals surface area contributed by atoms with Gasteiger partial charge >= 0.3 is 5.69 Å². The van der Waals surface area contributed by atoms with Gasteiger partial charge in [0.2, 0.25) is 11.8 Å². The third kappa shape index (κ3) is 3.64. The van der Waals surface area contributed by atoms with Gasteiger partial charge in [0.15, 0.2) is 0 Å². The Labute approximate surface area is 191 Å². The van der Waals surface area contributed by atoms with Crippen LogP contribution in [0.1, 0.15) is 75.1 Å². The molecular weight excluding hydrogens is 420 g/mol. The Morgan fingerprint density at radius 3 is 1.94 bits per heavy atom. The molecule has 33 heavy (non-hydrogen) atoms. The maximum absolute atomic E-state index is 12.8. The van der Waals surface area contributed by atoms with Gasteiger partial charge in [0.25, 0.3) is 0 Å². The summed E-state index contributed by atoms with van der Waals surface area (Å²) < 4.78 is 1.41. The number of nitrogens with two attached hydrogens (primary N) is 3. The van der Waals surface area contributed by atoms with Gasteiger partial charge in [0, 0.05) is 11.1 Å². The zero-order valence-corrected chi connectivity index (χ0v) is 18.7. The Hall–Kier alpha value is -3.72. The standard InChI is InChI=1S/C24H28N6O3/c1-13(2)30-23(33)28-22(29-30)24(9-10-25)18-7-5-16(20(26)31)11-14(18)3-4-15-12-17(21(27)32)6-8-19(15)24/h5-8,11-13H,3-4,9-10,25H2,1-2H3,(H2,26,31)(H2,27,32)(H,28,29,33). The summed E-state index contributed by atoms with van der Waals surface area (Å²) in [6.45, 7) is 4.08. The van der Waals surface area contributed by atoms with Gasteiger partial charge in [-0.1, -0.05) is 12.1 Å². The van der Waals surface area contributed by atoms with Crippen LogP contribution in [0.25, 0.3) is 0 Å². The number of aryl methyl sites for hydroxylation is 2. The molecule has 1 aliphatic rings. The van der Waals surface area contributed by atoms with Gasteiger partial charge < -0.3 is 17.2 Å². The third-order valence-electron chi connectivity index (χ3n) is 6.42. The number of rotatable bonds is 6. The number of aromatic nitrogens is 3. The van der Waals surface area contributed by atoms with Gasteiger partial charge in [0.1, 0.15) is 5.82 Å². The van der Waals surface area contributed by atoms with E-state index < -0.39 is 17.2 Å². The molecule has 0 saturated carbocycles. The van der Waals surface area contributed by atoms with E-state index in [2.05, 4.69) is 10.1 Å². The topological polar surface area (TPSA) is 163 Å². The molecule has 0 spiro atoms. The van der Waals surface area contributed by atoms with E-state index in [0.717, 1.165) is 22.3 Å². The molecule has 2 aromatic carbocycles.